The topological polar surface area (TPSA) is 108 Å². The van der Waals surface area contributed by atoms with Gasteiger partial charge in [-0.1, -0.05) is 6.07 Å². The summed E-state index contributed by atoms with van der Waals surface area (Å²) in [5.41, 5.74) is 12.2. The first kappa shape index (κ1) is 24.4. The number of aliphatic imine (C=N–C) groups is 1. The number of methoxy groups -OCH3 is 3. The molecule has 0 radical (unpaired) electrons. The minimum absolute atomic E-state index is 0.285. The van der Waals surface area contributed by atoms with Crippen LogP contribution < -0.4 is 25.3 Å². The molecule has 1 aromatic heterocycles. The predicted molar refractivity (Wildman–Crippen MR) is 140 cm³/mol. The molecular weight excluding hydrogens is 464 g/mol. The highest BCUT2D eigenvalue weighted by Crippen LogP contribution is 2.41. The first-order valence-corrected chi connectivity index (χ1v) is 11.9. The minimum Gasteiger partial charge on any atom is -0.495 e. The normalized spacial score (nSPS) is 13.3. The van der Waals surface area contributed by atoms with Gasteiger partial charge < -0.3 is 25.3 Å². The molecular formula is C26H28N4O4S. The molecule has 1 atom stereocenters. The van der Waals surface area contributed by atoms with Crippen molar-refractivity contribution in [2.45, 2.75) is 25.8 Å². The van der Waals surface area contributed by atoms with Gasteiger partial charge in [-0.2, -0.15) is 4.37 Å². The Kier molecular flexibility index (Phi) is 7.48. The summed E-state index contributed by atoms with van der Waals surface area (Å²) >= 11 is 1.36. The van der Waals surface area contributed by atoms with Crippen molar-refractivity contribution in [3.05, 3.63) is 53.0 Å². The number of hydrogen-bond donors (Lipinski definition) is 2. The molecule has 0 fully saturated rings. The van der Waals surface area contributed by atoms with Crippen LogP contribution in [0.4, 0.5) is 5.69 Å². The third kappa shape index (κ3) is 5.21. The second kappa shape index (κ2) is 10.7. The SMILES string of the molecule is COc1ccc(-c2csnc2-c2cc(C)c(OC)c(OC)c2)cc1NC(=O)[C@@H](N)CC1=CN=CC1. The molecule has 0 spiro atoms. The first-order chi connectivity index (χ1) is 16.9. The van der Waals surface area contributed by atoms with Crippen LogP contribution >= 0.6 is 11.5 Å². The molecule has 1 aliphatic rings. The van der Waals surface area contributed by atoms with E-state index in [4.69, 9.17) is 19.9 Å². The summed E-state index contributed by atoms with van der Waals surface area (Å²) in [5.74, 6) is 1.59. The van der Waals surface area contributed by atoms with Gasteiger partial charge in [-0.15, -0.1) is 0 Å². The maximum absolute atomic E-state index is 12.8. The van der Waals surface area contributed by atoms with Crippen molar-refractivity contribution in [1.29, 1.82) is 0 Å². The van der Waals surface area contributed by atoms with Gasteiger partial charge in [0.25, 0.3) is 0 Å². The van der Waals surface area contributed by atoms with E-state index in [1.54, 1.807) is 33.7 Å². The molecule has 8 nitrogen and oxygen atoms in total. The maximum atomic E-state index is 12.8. The molecule has 35 heavy (non-hydrogen) atoms. The van der Waals surface area contributed by atoms with Crippen LogP contribution in [0.1, 0.15) is 18.4 Å². The summed E-state index contributed by atoms with van der Waals surface area (Å²) in [5, 5.41) is 4.91. The average molecular weight is 493 g/mol. The Bertz CT molecular complexity index is 1300. The van der Waals surface area contributed by atoms with Crippen molar-refractivity contribution in [2.75, 3.05) is 26.6 Å². The quantitative estimate of drug-likeness (QED) is 0.443. The Morgan fingerprint density at radius 3 is 2.60 bits per heavy atom. The summed E-state index contributed by atoms with van der Waals surface area (Å²) in [7, 11) is 4.80. The van der Waals surface area contributed by atoms with Crippen molar-refractivity contribution >= 4 is 29.3 Å². The molecule has 4 rings (SSSR count). The van der Waals surface area contributed by atoms with Crippen LogP contribution in [0.25, 0.3) is 22.4 Å². The largest absolute Gasteiger partial charge is 0.495 e. The number of nitrogens with two attached hydrogens (primary N) is 1. The summed E-state index contributed by atoms with van der Waals surface area (Å²) in [6.45, 7) is 1.97. The summed E-state index contributed by atoms with van der Waals surface area (Å²) in [6.07, 6.45) is 4.74. The molecule has 3 aromatic rings. The van der Waals surface area contributed by atoms with Crippen molar-refractivity contribution in [3.8, 4) is 39.6 Å². The van der Waals surface area contributed by atoms with Gasteiger partial charge in [-0.3, -0.25) is 9.79 Å². The van der Waals surface area contributed by atoms with Gasteiger partial charge in [0, 0.05) is 35.3 Å². The molecule has 0 unspecified atom stereocenters. The van der Waals surface area contributed by atoms with E-state index in [0.29, 0.717) is 29.4 Å². The standard InChI is InChI=1S/C26H28N4O4S/c1-15-9-18(12-23(33-3)25(15)34-4)24-19(14-35-30-24)17-5-6-22(32-2)21(11-17)29-26(31)20(27)10-16-7-8-28-13-16/h5-6,8-9,11-14,20H,7,10,27H2,1-4H3,(H,29,31)/t20-/m0/s1. The first-order valence-electron chi connectivity index (χ1n) is 11.1. The maximum Gasteiger partial charge on any atom is 0.241 e. The Labute approximate surface area is 208 Å². The molecule has 2 aromatic carbocycles. The van der Waals surface area contributed by atoms with Gasteiger partial charge in [0.1, 0.15) is 5.75 Å². The van der Waals surface area contributed by atoms with Crippen LogP contribution in [0, 0.1) is 6.92 Å². The molecule has 2 heterocycles. The van der Waals surface area contributed by atoms with Gasteiger partial charge in [0.2, 0.25) is 5.91 Å². The zero-order valence-corrected chi connectivity index (χ0v) is 20.9. The van der Waals surface area contributed by atoms with Crippen LogP contribution in [-0.4, -0.2) is 43.9 Å². The smallest absolute Gasteiger partial charge is 0.241 e. The number of aromatic nitrogens is 1. The zero-order valence-electron chi connectivity index (χ0n) is 20.1. The highest BCUT2D eigenvalue weighted by atomic mass is 32.1. The summed E-state index contributed by atoms with van der Waals surface area (Å²) in [6, 6.07) is 8.89. The number of carbonyl (C=O) groups is 1. The van der Waals surface area contributed by atoms with Crippen molar-refractivity contribution in [2.24, 2.45) is 10.7 Å². The summed E-state index contributed by atoms with van der Waals surface area (Å²) in [4.78, 5) is 16.9. The number of rotatable bonds is 9. The van der Waals surface area contributed by atoms with Crippen LogP contribution in [0.5, 0.6) is 17.2 Å². The number of anilines is 1. The number of amides is 1. The monoisotopic (exact) mass is 492 g/mol. The average Bonchev–Trinajstić information content (AvgIpc) is 3.55. The van der Waals surface area contributed by atoms with E-state index in [9.17, 15) is 4.79 Å². The molecule has 1 amide bonds. The van der Waals surface area contributed by atoms with Gasteiger partial charge in [-0.05, 0) is 65.8 Å². The van der Waals surface area contributed by atoms with Crippen molar-refractivity contribution < 1.29 is 19.0 Å². The third-order valence-corrected chi connectivity index (χ3v) is 6.44. The minimum atomic E-state index is -0.690. The fourth-order valence-electron chi connectivity index (χ4n) is 4.03. The van der Waals surface area contributed by atoms with Crippen LogP contribution in [0.3, 0.4) is 0 Å². The second-order valence-electron chi connectivity index (χ2n) is 8.14. The van der Waals surface area contributed by atoms with E-state index >= 15 is 0 Å². The van der Waals surface area contributed by atoms with E-state index < -0.39 is 6.04 Å². The lowest BCUT2D eigenvalue weighted by molar-refractivity contribution is -0.117. The Morgan fingerprint density at radius 2 is 1.91 bits per heavy atom. The third-order valence-electron chi connectivity index (χ3n) is 5.81. The number of carbonyl (C=O) groups excluding carboxylic acids is 1. The van der Waals surface area contributed by atoms with Crippen LogP contribution in [0.2, 0.25) is 0 Å². The van der Waals surface area contributed by atoms with E-state index in [1.807, 2.05) is 42.6 Å². The Morgan fingerprint density at radius 1 is 1.11 bits per heavy atom. The van der Waals surface area contributed by atoms with Gasteiger partial charge in [0.05, 0.1) is 38.8 Å². The second-order valence-corrected chi connectivity index (χ2v) is 8.77. The zero-order chi connectivity index (χ0) is 24.9. The van der Waals surface area contributed by atoms with E-state index in [0.717, 1.165) is 39.9 Å². The molecule has 0 saturated carbocycles. The summed E-state index contributed by atoms with van der Waals surface area (Å²) < 4.78 is 21.1. The number of nitrogens with zero attached hydrogens (tertiary/aromatic N) is 2. The molecule has 0 saturated heterocycles. The van der Waals surface area contributed by atoms with Crippen LogP contribution in [-0.2, 0) is 4.79 Å². The predicted octanol–water partition coefficient (Wildman–Crippen LogP) is 4.83. The lowest BCUT2D eigenvalue weighted by atomic mass is 9.99. The molecule has 9 heteroatoms. The van der Waals surface area contributed by atoms with Gasteiger partial charge in [-0.25, -0.2) is 0 Å². The fraction of sp³-hybridized carbons (Fsp3) is 0.269. The van der Waals surface area contributed by atoms with Gasteiger partial charge >= 0.3 is 0 Å². The number of benzene rings is 2. The number of hydrogen-bond acceptors (Lipinski definition) is 8. The van der Waals surface area contributed by atoms with E-state index in [2.05, 4.69) is 14.7 Å². The van der Waals surface area contributed by atoms with Crippen molar-refractivity contribution in [1.82, 2.24) is 4.37 Å². The molecule has 0 bridgehead atoms. The fourth-order valence-corrected chi connectivity index (χ4v) is 4.75. The lowest BCUT2D eigenvalue weighted by Crippen LogP contribution is -2.36. The number of ether oxygens (including phenoxy) is 3. The van der Waals surface area contributed by atoms with E-state index in [-0.39, 0.29) is 5.91 Å². The van der Waals surface area contributed by atoms with Crippen molar-refractivity contribution in [3.63, 3.8) is 0 Å². The lowest BCUT2D eigenvalue weighted by Gasteiger charge is -2.16. The number of nitrogens with one attached hydrogen (secondary N) is 1. The number of aryl methyl sites for hydroxylation is 1. The highest BCUT2D eigenvalue weighted by molar-refractivity contribution is 7.04. The Balaban J connectivity index is 1.64. The Hall–Kier alpha value is -3.69. The molecule has 3 N–H and O–H groups in total. The van der Waals surface area contributed by atoms with Crippen LogP contribution in [0.15, 0.2) is 52.5 Å². The van der Waals surface area contributed by atoms with E-state index in [1.165, 1.54) is 11.5 Å². The molecule has 182 valence electrons. The molecule has 0 aliphatic carbocycles. The molecule has 1 aliphatic heterocycles. The van der Waals surface area contributed by atoms with Gasteiger partial charge in [0.15, 0.2) is 11.5 Å². The highest BCUT2D eigenvalue weighted by Gasteiger charge is 2.20.